The quantitative estimate of drug-likeness (QED) is 0.780. The Bertz CT molecular complexity index is 585. The van der Waals surface area contributed by atoms with E-state index in [1.165, 1.54) is 6.33 Å². The summed E-state index contributed by atoms with van der Waals surface area (Å²) in [5, 5.41) is 6.08. The second kappa shape index (κ2) is 5.43. The van der Waals surface area contributed by atoms with E-state index >= 15 is 0 Å². The van der Waals surface area contributed by atoms with Crippen LogP contribution in [0, 0.1) is 6.92 Å². The maximum Gasteiger partial charge on any atom is 0.159 e. The fraction of sp³-hybridized carbons (Fsp3) is 0.231. The molecular formula is C13H17N5O. The average molecular weight is 259 g/mol. The van der Waals surface area contributed by atoms with E-state index in [1.54, 1.807) is 14.2 Å². The summed E-state index contributed by atoms with van der Waals surface area (Å²) in [6.07, 6.45) is 1.45. The van der Waals surface area contributed by atoms with Gasteiger partial charge in [0, 0.05) is 7.05 Å². The SMILES string of the molecule is CNc1ncnc(Nc2cc(C)ccc2OC)c1N. The first-order valence-corrected chi connectivity index (χ1v) is 5.85. The average Bonchev–Trinajstić information content (AvgIpc) is 2.41. The summed E-state index contributed by atoms with van der Waals surface area (Å²) < 4.78 is 5.31. The summed E-state index contributed by atoms with van der Waals surface area (Å²) in [5.74, 6) is 1.86. The van der Waals surface area contributed by atoms with Crippen molar-refractivity contribution in [1.82, 2.24) is 9.97 Å². The van der Waals surface area contributed by atoms with Crippen LogP contribution in [0.1, 0.15) is 5.56 Å². The number of hydrogen-bond acceptors (Lipinski definition) is 6. The van der Waals surface area contributed by atoms with Gasteiger partial charge < -0.3 is 21.1 Å². The largest absolute Gasteiger partial charge is 0.495 e. The standard InChI is InChI=1S/C13H17N5O/c1-8-4-5-10(19-3)9(6-8)18-13-11(14)12(15-2)16-7-17-13/h4-7H,14H2,1-3H3,(H2,15,16,17,18). The lowest BCUT2D eigenvalue weighted by Gasteiger charge is -2.13. The lowest BCUT2D eigenvalue weighted by Crippen LogP contribution is -2.05. The van der Waals surface area contributed by atoms with Gasteiger partial charge in [0.25, 0.3) is 0 Å². The van der Waals surface area contributed by atoms with Crippen molar-refractivity contribution < 1.29 is 4.74 Å². The number of nitrogens with zero attached hydrogens (tertiary/aromatic N) is 2. The number of nitrogens with one attached hydrogen (secondary N) is 2. The van der Waals surface area contributed by atoms with Crippen molar-refractivity contribution in [3.05, 3.63) is 30.1 Å². The molecular weight excluding hydrogens is 242 g/mol. The molecule has 4 N–H and O–H groups in total. The Balaban J connectivity index is 2.38. The van der Waals surface area contributed by atoms with E-state index < -0.39 is 0 Å². The van der Waals surface area contributed by atoms with Crippen LogP contribution in [0.25, 0.3) is 0 Å². The molecule has 6 nitrogen and oxygen atoms in total. The molecule has 1 aromatic heterocycles. The van der Waals surface area contributed by atoms with E-state index in [-0.39, 0.29) is 0 Å². The minimum atomic E-state index is 0.466. The van der Waals surface area contributed by atoms with Gasteiger partial charge in [-0.25, -0.2) is 9.97 Å². The van der Waals surface area contributed by atoms with Gasteiger partial charge in [-0.15, -0.1) is 0 Å². The van der Waals surface area contributed by atoms with Gasteiger partial charge in [0.15, 0.2) is 11.6 Å². The predicted molar refractivity (Wildman–Crippen MR) is 77.0 cm³/mol. The fourth-order valence-corrected chi connectivity index (χ4v) is 1.74. The first-order chi connectivity index (χ1) is 9.15. The monoisotopic (exact) mass is 259 g/mol. The molecule has 1 aromatic carbocycles. The van der Waals surface area contributed by atoms with E-state index in [1.807, 2.05) is 25.1 Å². The van der Waals surface area contributed by atoms with Gasteiger partial charge in [-0.1, -0.05) is 6.07 Å². The van der Waals surface area contributed by atoms with Gasteiger partial charge in [0.1, 0.15) is 17.8 Å². The number of ether oxygens (including phenoxy) is 1. The summed E-state index contributed by atoms with van der Waals surface area (Å²) in [6.45, 7) is 2.01. The van der Waals surface area contributed by atoms with E-state index in [0.717, 1.165) is 17.0 Å². The maximum absolute atomic E-state index is 5.98. The highest BCUT2D eigenvalue weighted by Gasteiger charge is 2.09. The minimum absolute atomic E-state index is 0.466. The Morgan fingerprint density at radius 1 is 1.21 bits per heavy atom. The summed E-state index contributed by atoms with van der Waals surface area (Å²) in [7, 11) is 3.38. The van der Waals surface area contributed by atoms with Crippen molar-refractivity contribution in [1.29, 1.82) is 0 Å². The maximum atomic E-state index is 5.98. The number of aryl methyl sites for hydroxylation is 1. The Morgan fingerprint density at radius 2 is 1.95 bits per heavy atom. The Kier molecular flexibility index (Phi) is 3.70. The molecule has 6 heteroatoms. The van der Waals surface area contributed by atoms with Crippen LogP contribution < -0.4 is 21.1 Å². The van der Waals surface area contributed by atoms with Gasteiger partial charge in [-0.3, -0.25) is 0 Å². The number of nitrogen functional groups attached to an aromatic ring is 1. The fourth-order valence-electron chi connectivity index (χ4n) is 1.74. The molecule has 0 atom stereocenters. The second-order valence-corrected chi connectivity index (χ2v) is 4.06. The number of anilines is 4. The third-order valence-electron chi connectivity index (χ3n) is 2.73. The number of rotatable bonds is 4. The predicted octanol–water partition coefficient (Wildman–Crippen LogP) is 2.16. The first-order valence-electron chi connectivity index (χ1n) is 5.85. The Labute approximate surface area is 112 Å². The van der Waals surface area contributed by atoms with Gasteiger partial charge in [0.05, 0.1) is 12.8 Å². The van der Waals surface area contributed by atoms with E-state index in [2.05, 4.69) is 20.6 Å². The van der Waals surface area contributed by atoms with Crippen LogP contribution in [0.15, 0.2) is 24.5 Å². The molecule has 0 aliphatic rings. The third kappa shape index (κ3) is 2.67. The molecule has 0 unspecified atom stereocenters. The number of methoxy groups -OCH3 is 1. The van der Waals surface area contributed by atoms with Crippen molar-refractivity contribution in [3.8, 4) is 5.75 Å². The molecule has 0 radical (unpaired) electrons. The molecule has 0 saturated heterocycles. The van der Waals surface area contributed by atoms with E-state index in [4.69, 9.17) is 10.5 Å². The van der Waals surface area contributed by atoms with Crippen LogP contribution in [0.3, 0.4) is 0 Å². The molecule has 0 saturated carbocycles. The molecule has 0 aliphatic carbocycles. The van der Waals surface area contributed by atoms with Gasteiger partial charge in [-0.05, 0) is 24.6 Å². The first kappa shape index (κ1) is 12.9. The van der Waals surface area contributed by atoms with Gasteiger partial charge in [-0.2, -0.15) is 0 Å². The summed E-state index contributed by atoms with van der Waals surface area (Å²) >= 11 is 0. The normalized spacial score (nSPS) is 10.1. The van der Waals surface area contributed by atoms with Crippen molar-refractivity contribution >= 4 is 23.0 Å². The molecule has 100 valence electrons. The summed E-state index contributed by atoms with van der Waals surface area (Å²) in [6, 6.07) is 5.85. The second-order valence-electron chi connectivity index (χ2n) is 4.06. The number of hydrogen-bond donors (Lipinski definition) is 3. The lowest BCUT2D eigenvalue weighted by atomic mass is 10.2. The van der Waals surface area contributed by atoms with Crippen LogP contribution in [0.4, 0.5) is 23.0 Å². The van der Waals surface area contributed by atoms with Gasteiger partial charge >= 0.3 is 0 Å². The molecule has 0 fully saturated rings. The van der Waals surface area contributed by atoms with Gasteiger partial charge in [0.2, 0.25) is 0 Å². The van der Waals surface area contributed by atoms with Crippen LogP contribution in [-0.2, 0) is 0 Å². The molecule has 0 amide bonds. The molecule has 0 aliphatic heterocycles. The van der Waals surface area contributed by atoms with Crippen molar-refractivity contribution in [2.24, 2.45) is 0 Å². The van der Waals surface area contributed by atoms with E-state index in [0.29, 0.717) is 17.3 Å². The van der Waals surface area contributed by atoms with Crippen molar-refractivity contribution in [2.75, 3.05) is 30.5 Å². The molecule has 0 spiro atoms. The molecule has 1 heterocycles. The number of nitrogens with two attached hydrogens (primary N) is 1. The summed E-state index contributed by atoms with van der Waals surface area (Å²) in [4.78, 5) is 8.19. The smallest absolute Gasteiger partial charge is 0.159 e. The number of aromatic nitrogens is 2. The van der Waals surface area contributed by atoms with Crippen molar-refractivity contribution in [2.45, 2.75) is 6.92 Å². The molecule has 0 bridgehead atoms. The zero-order valence-electron chi connectivity index (χ0n) is 11.2. The van der Waals surface area contributed by atoms with Crippen LogP contribution in [0.5, 0.6) is 5.75 Å². The molecule has 19 heavy (non-hydrogen) atoms. The molecule has 2 aromatic rings. The summed E-state index contributed by atoms with van der Waals surface area (Å²) in [5.41, 5.74) is 8.38. The Morgan fingerprint density at radius 3 is 2.63 bits per heavy atom. The van der Waals surface area contributed by atoms with Crippen molar-refractivity contribution in [3.63, 3.8) is 0 Å². The number of benzene rings is 1. The van der Waals surface area contributed by atoms with Crippen LogP contribution in [0.2, 0.25) is 0 Å². The highest BCUT2D eigenvalue weighted by atomic mass is 16.5. The lowest BCUT2D eigenvalue weighted by molar-refractivity contribution is 0.416. The molecule has 2 rings (SSSR count). The Hall–Kier alpha value is -2.50. The van der Waals surface area contributed by atoms with Crippen LogP contribution in [-0.4, -0.2) is 24.1 Å². The van der Waals surface area contributed by atoms with Crippen LogP contribution >= 0.6 is 0 Å². The topological polar surface area (TPSA) is 85.1 Å². The zero-order valence-corrected chi connectivity index (χ0v) is 11.2. The highest BCUT2D eigenvalue weighted by Crippen LogP contribution is 2.31. The third-order valence-corrected chi connectivity index (χ3v) is 2.73. The zero-order chi connectivity index (χ0) is 13.8. The van der Waals surface area contributed by atoms with E-state index in [9.17, 15) is 0 Å². The highest BCUT2D eigenvalue weighted by molar-refractivity contribution is 5.79. The minimum Gasteiger partial charge on any atom is -0.495 e.